The Morgan fingerprint density at radius 3 is 3.00 bits per heavy atom. The van der Waals surface area contributed by atoms with Crippen molar-refractivity contribution in [2.45, 2.75) is 51.5 Å². The van der Waals surface area contributed by atoms with Crippen LogP contribution in [0.4, 0.5) is 0 Å². The number of carboxylic acid groups (broad SMARTS) is 1. The smallest absolute Gasteiger partial charge is 0.303 e. The van der Waals surface area contributed by atoms with Gasteiger partial charge in [0.25, 0.3) is 0 Å². The van der Waals surface area contributed by atoms with Gasteiger partial charge in [-0.1, -0.05) is 6.92 Å². The first-order chi connectivity index (χ1) is 9.56. The number of likely N-dealkylation sites (tertiary alicyclic amines) is 1. The molecular formula is C15H26N2O3. The van der Waals surface area contributed by atoms with E-state index in [0.717, 1.165) is 45.3 Å². The van der Waals surface area contributed by atoms with Crippen molar-refractivity contribution in [2.75, 3.05) is 19.6 Å². The zero-order valence-electron chi connectivity index (χ0n) is 12.3. The second-order valence-corrected chi connectivity index (χ2v) is 6.32. The zero-order valence-corrected chi connectivity index (χ0v) is 12.3. The summed E-state index contributed by atoms with van der Waals surface area (Å²) in [4.78, 5) is 25.0. The molecule has 3 unspecified atom stereocenters. The van der Waals surface area contributed by atoms with Crippen LogP contribution in [0, 0.1) is 11.8 Å². The number of nitrogens with zero attached hydrogens (tertiary/aromatic N) is 1. The molecule has 2 fully saturated rings. The molecule has 0 aromatic rings. The Morgan fingerprint density at radius 2 is 2.25 bits per heavy atom. The van der Waals surface area contributed by atoms with Gasteiger partial charge in [-0.3, -0.25) is 14.5 Å². The lowest BCUT2D eigenvalue weighted by atomic mass is 9.84. The number of carbonyl (C=O) groups excluding carboxylic acids is 1. The Labute approximate surface area is 120 Å². The van der Waals surface area contributed by atoms with Crippen molar-refractivity contribution in [3.8, 4) is 0 Å². The highest BCUT2D eigenvalue weighted by Crippen LogP contribution is 2.29. The third kappa shape index (κ3) is 4.20. The van der Waals surface area contributed by atoms with Gasteiger partial charge >= 0.3 is 5.97 Å². The second kappa shape index (κ2) is 7.07. The summed E-state index contributed by atoms with van der Waals surface area (Å²) in [6, 6.07) is 0.345. The van der Waals surface area contributed by atoms with Crippen molar-refractivity contribution in [3.05, 3.63) is 0 Å². The van der Waals surface area contributed by atoms with Crippen LogP contribution in [0.25, 0.3) is 0 Å². The average molecular weight is 282 g/mol. The first-order valence-electron chi connectivity index (χ1n) is 7.79. The Bertz CT molecular complexity index is 359. The fourth-order valence-electron chi connectivity index (χ4n) is 3.54. The largest absolute Gasteiger partial charge is 0.481 e. The van der Waals surface area contributed by atoms with Gasteiger partial charge in [0, 0.05) is 32.0 Å². The van der Waals surface area contributed by atoms with E-state index in [2.05, 4.69) is 10.2 Å². The maximum absolute atomic E-state index is 11.7. The lowest BCUT2D eigenvalue weighted by molar-refractivity contribution is -0.138. The zero-order chi connectivity index (χ0) is 14.5. The minimum absolute atomic E-state index is 0.160. The molecule has 2 heterocycles. The van der Waals surface area contributed by atoms with Crippen molar-refractivity contribution in [1.82, 2.24) is 10.2 Å². The summed E-state index contributed by atoms with van der Waals surface area (Å²) in [6.45, 7) is 4.84. The van der Waals surface area contributed by atoms with Crippen molar-refractivity contribution in [2.24, 2.45) is 11.8 Å². The Balaban J connectivity index is 1.91. The fraction of sp³-hybridized carbons (Fsp3) is 0.867. The molecule has 2 aliphatic heterocycles. The predicted octanol–water partition coefficient (Wildman–Crippen LogP) is 1.48. The van der Waals surface area contributed by atoms with E-state index in [1.54, 1.807) is 0 Å². The molecule has 20 heavy (non-hydrogen) atoms. The molecule has 0 saturated carbocycles. The molecule has 5 heteroatoms. The van der Waals surface area contributed by atoms with E-state index in [4.69, 9.17) is 5.11 Å². The Kier molecular flexibility index (Phi) is 5.40. The number of hydrogen-bond donors (Lipinski definition) is 2. The van der Waals surface area contributed by atoms with E-state index in [1.807, 2.05) is 6.92 Å². The van der Waals surface area contributed by atoms with E-state index in [-0.39, 0.29) is 18.2 Å². The molecular weight excluding hydrogens is 256 g/mol. The number of amides is 1. The number of nitrogens with one attached hydrogen (secondary N) is 1. The maximum Gasteiger partial charge on any atom is 0.303 e. The topological polar surface area (TPSA) is 69.6 Å². The molecule has 3 atom stereocenters. The summed E-state index contributed by atoms with van der Waals surface area (Å²) in [5.41, 5.74) is 0. The Morgan fingerprint density at radius 1 is 1.45 bits per heavy atom. The molecule has 2 saturated heterocycles. The van der Waals surface area contributed by atoms with Crippen molar-refractivity contribution in [3.63, 3.8) is 0 Å². The van der Waals surface area contributed by atoms with E-state index >= 15 is 0 Å². The van der Waals surface area contributed by atoms with Gasteiger partial charge in [0.05, 0.1) is 0 Å². The third-order valence-electron chi connectivity index (χ3n) is 4.76. The van der Waals surface area contributed by atoms with Crippen molar-refractivity contribution < 1.29 is 14.7 Å². The first kappa shape index (κ1) is 15.3. The Hall–Kier alpha value is -1.10. The molecule has 2 aliphatic rings. The standard InChI is InChI=1S/C15H26N2O3/c1-11(8-15(19)20)12-4-3-7-17(10-12)13-5-2-6-16-14(18)9-13/h11-13H,2-10H2,1H3,(H,16,18)(H,19,20). The van der Waals surface area contributed by atoms with Gasteiger partial charge in [-0.2, -0.15) is 0 Å². The molecule has 0 aliphatic carbocycles. The van der Waals surface area contributed by atoms with Crippen LogP contribution in [0.1, 0.15) is 45.4 Å². The van der Waals surface area contributed by atoms with Crippen LogP contribution in [-0.4, -0.2) is 47.6 Å². The lowest BCUT2D eigenvalue weighted by Gasteiger charge is -2.39. The van der Waals surface area contributed by atoms with E-state index in [1.165, 1.54) is 0 Å². The number of hydrogen-bond acceptors (Lipinski definition) is 3. The summed E-state index contributed by atoms with van der Waals surface area (Å²) in [6.07, 6.45) is 5.20. The molecule has 0 aromatic carbocycles. The molecule has 5 nitrogen and oxygen atoms in total. The number of piperidine rings is 1. The molecule has 0 spiro atoms. The van der Waals surface area contributed by atoms with Gasteiger partial charge in [0.2, 0.25) is 5.91 Å². The van der Waals surface area contributed by atoms with Crippen LogP contribution in [0.15, 0.2) is 0 Å². The minimum atomic E-state index is -0.705. The van der Waals surface area contributed by atoms with Gasteiger partial charge in [-0.25, -0.2) is 0 Å². The maximum atomic E-state index is 11.7. The monoisotopic (exact) mass is 282 g/mol. The van der Waals surface area contributed by atoms with Gasteiger partial charge in [0.15, 0.2) is 0 Å². The number of aliphatic carboxylic acids is 1. The third-order valence-corrected chi connectivity index (χ3v) is 4.76. The molecule has 1 amide bonds. The van der Waals surface area contributed by atoms with E-state index in [0.29, 0.717) is 18.4 Å². The van der Waals surface area contributed by atoms with Gasteiger partial charge < -0.3 is 10.4 Å². The fourth-order valence-corrected chi connectivity index (χ4v) is 3.54. The second-order valence-electron chi connectivity index (χ2n) is 6.32. The van der Waals surface area contributed by atoms with Crippen LogP contribution >= 0.6 is 0 Å². The average Bonchev–Trinajstić information content (AvgIpc) is 2.63. The molecule has 0 aromatic heterocycles. The highest BCUT2D eigenvalue weighted by atomic mass is 16.4. The highest BCUT2D eigenvalue weighted by molar-refractivity contribution is 5.76. The lowest BCUT2D eigenvalue weighted by Crippen LogP contribution is -2.45. The van der Waals surface area contributed by atoms with Crippen LogP contribution < -0.4 is 5.32 Å². The summed E-state index contributed by atoms with van der Waals surface area (Å²) >= 11 is 0. The molecule has 114 valence electrons. The molecule has 2 N–H and O–H groups in total. The van der Waals surface area contributed by atoms with Crippen LogP contribution in [0.2, 0.25) is 0 Å². The van der Waals surface area contributed by atoms with Crippen LogP contribution in [0.3, 0.4) is 0 Å². The SMILES string of the molecule is CC(CC(=O)O)C1CCCN(C2CCCNC(=O)C2)C1. The highest BCUT2D eigenvalue weighted by Gasteiger charge is 2.31. The minimum Gasteiger partial charge on any atom is -0.481 e. The van der Waals surface area contributed by atoms with Gasteiger partial charge in [-0.05, 0) is 44.1 Å². The van der Waals surface area contributed by atoms with Gasteiger partial charge in [0.1, 0.15) is 0 Å². The molecule has 0 bridgehead atoms. The van der Waals surface area contributed by atoms with E-state index in [9.17, 15) is 9.59 Å². The van der Waals surface area contributed by atoms with Crippen molar-refractivity contribution in [1.29, 1.82) is 0 Å². The first-order valence-corrected chi connectivity index (χ1v) is 7.79. The predicted molar refractivity (Wildman–Crippen MR) is 76.4 cm³/mol. The molecule has 0 radical (unpaired) electrons. The van der Waals surface area contributed by atoms with Crippen molar-refractivity contribution >= 4 is 11.9 Å². The normalized spacial score (nSPS) is 30.4. The summed E-state index contributed by atoms with van der Waals surface area (Å²) in [5, 5.41) is 11.9. The quantitative estimate of drug-likeness (QED) is 0.819. The van der Waals surface area contributed by atoms with Crippen LogP contribution in [-0.2, 0) is 9.59 Å². The van der Waals surface area contributed by atoms with Crippen LogP contribution in [0.5, 0.6) is 0 Å². The number of carbonyl (C=O) groups is 2. The summed E-state index contributed by atoms with van der Waals surface area (Å²) < 4.78 is 0. The number of rotatable bonds is 4. The summed E-state index contributed by atoms with van der Waals surface area (Å²) in [5.74, 6) is 0.123. The number of carboxylic acids is 1. The molecule has 2 rings (SSSR count). The summed E-state index contributed by atoms with van der Waals surface area (Å²) in [7, 11) is 0. The van der Waals surface area contributed by atoms with E-state index < -0.39 is 5.97 Å². The van der Waals surface area contributed by atoms with Gasteiger partial charge in [-0.15, -0.1) is 0 Å².